The van der Waals surface area contributed by atoms with Crippen LogP contribution in [0.15, 0.2) is 67.0 Å². The van der Waals surface area contributed by atoms with E-state index >= 15 is 0 Å². The molecule has 3 fully saturated rings. The molecular weight excluding hydrogens is 755 g/mol. The van der Waals surface area contributed by atoms with Gasteiger partial charge >= 0.3 is 7.12 Å². The third kappa shape index (κ3) is 6.32. The molecule has 247 valence electrons. The number of aromatic nitrogens is 2. The molecule has 0 amide bonds. The second kappa shape index (κ2) is 13.4. The molecule has 47 heavy (non-hydrogen) atoms. The average molecular weight is 803 g/mol. The van der Waals surface area contributed by atoms with Gasteiger partial charge in [-0.2, -0.15) is 0 Å². The SMILES string of the molecule is C.CC1(C)OB(c2cc[c-]c(-c3cc4c(cn3)C3CCC4CC3)c2)OC1(C)C.[Ir].[c-]1cc2c(cc1-c1ccccn1)C1CCC2CC1. The first-order chi connectivity index (χ1) is 21.8. The summed E-state index contributed by atoms with van der Waals surface area (Å²) in [5.41, 5.74) is 10.8. The number of hydrogen-bond donors (Lipinski definition) is 0. The number of fused-ring (bicyclic) bond motifs is 4. The van der Waals surface area contributed by atoms with Crippen LogP contribution in [0, 0.1) is 12.1 Å². The Morgan fingerprint density at radius 3 is 1.85 bits per heavy atom. The van der Waals surface area contributed by atoms with Crippen molar-refractivity contribution in [3.8, 4) is 22.5 Å². The van der Waals surface area contributed by atoms with Gasteiger partial charge in [0, 0.05) is 32.5 Å². The normalized spacial score (nSPS) is 25.4. The van der Waals surface area contributed by atoms with Gasteiger partial charge in [-0.25, -0.2) is 0 Å². The summed E-state index contributed by atoms with van der Waals surface area (Å²) < 4.78 is 12.4. The van der Waals surface area contributed by atoms with Crippen LogP contribution < -0.4 is 5.46 Å². The molecule has 7 aliphatic rings. The summed E-state index contributed by atoms with van der Waals surface area (Å²) in [5, 5.41) is 0. The molecule has 2 saturated carbocycles. The zero-order valence-electron chi connectivity index (χ0n) is 27.4. The molecule has 2 aromatic carbocycles. The maximum atomic E-state index is 6.22. The fraction of sp³-hybridized carbons (Fsp3) is 0.463. The Morgan fingerprint density at radius 1 is 0.660 bits per heavy atom. The summed E-state index contributed by atoms with van der Waals surface area (Å²) in [4.78, 5) is 9.22. The number of hydrogen-bond acceptors (Lipinski definition) is 4. The van der Waals surface area contributed by atoms with Gasteiger partial charge in [0.25, 0.3) is 0 Å². The van der Waals surface area contributed by atoms with Gasteiger partial charge in [0.15, 0.2) is 0 Å². The number of pyridine rings is 2. The molecule has 6 aliphatic carbocycles. The molecule has 2 aromatic heterocycles. The van der Waals surface area contributed by atoms with E-state index in [2.05, 4.69) is 81.3 Å². The van der Waals surface area contributed by atoms with Crippen LogP contribution in [0.25, 0.3) is 22.5 Å². The summed E-state index contributed by atoms with van der Waals surface area (Å²) in [5.74, 6) is 3.05. The van der Waals surface area contributed by atoms with Crippen molar-refractivity contribution in [3.05, 3.63) is 101 Å². The van der Waals surface area contributed by atoms with E-state index in [9.17, 15) is 0 Å². The Labute approximate surface area is 296 Å². The molecule has 0 unspecified atom stereocenters. The van der Waals surface area contributed by atoms with Gasteiger partial charge in [0.05, 0.1) is 11.2 Å². The number of benzene rings is 2. The van der Waals surface area contributed by atoms with Crippen molar-refractivity contribution in [3.63, 3.8) is 0 Å². The largest absolute Gasteiger partial charge is 0.475 e. The molecule has 0 N–H and O–H groups in total. The summed E-state index contributed by atoms with van der Waals surface area (Å²) in [7, 11) is -0.350. The van der Waals surface area contributed by atoms with Crippen LogP contribution in [0.3, 0.4) is 0 Å². The van der Waals surface area contributed by atoms with Crippen LogP contribution in [-0.4, -0.2) is 28.3 Å². The van der Waals surface area contributed by atoms with E-state index in [4.69, 9.17) is 14.3 Å². The molecule has 4 aromatic rings. The number of nitrogens with zero attached hydrogens (tertiary/aromatic N) is 2. The minimum atomic E-state index is -0.350. The van der Waals surface area contributed by atoms with E-state index < -0.39 is 0 Å². The Morgan fingerprint density at radius 2 is 1.23 bits per heavy atom. The van der Waals surface area contributed by atoms with Crippen LogP contribution in [0.5, 0.6) is 0 Å². The van der Waals surface area contributed by atoms with E-state index in [0.717, 1.165) is 51.6 Å². The summed E-state index contributed by atoms with van der Waals surface area (Å²) in [6, 6.07) is 25.9. The Balaban J connectivity index is 0.000000169. The quantitative estimate of drug-likeness (QED) is 0.153. The fourth-order valence-corrected chi connectivity index (χ4v) is 8.41. The molecule has 1 aliphatic heterocycles. The van der Waals surface area contributed by atoms with Gasteiger partial charge in [-0.05, 0) is 113 Å². The molecule has 6 heteroatoms. The smallest absolute Gasteiger partial charge is 0.400 e. The van der Waals surface area contributed by atoms with Crippen molar-refractivity contribution >= 4 is 12.6 Å². The summed E-state index contributed by atoms with van der Waals surface area (Å²) in [6.45, 7) is 8.35. The first-order valence-electron chi connectivity index (χ1n) is 17.1. The average Bonchev–Trinajstić information content (AvgIpc) is 3.32. The Hall–Kier alpha value is -2.63. The van der Waals surface area contributed by atoms with E-state index in [1.54, 1.807) is 11.1 Å². The van der Waals surface area contributed by atoms with Crippen LogP contribution in [-0.2, 0) is 29.4 Å². The zero-order valence-corrected chi connectivity index (χ0v) is 29.8. The Kier molecular flexibility index (Phi) is 9.73. The van der Waals surface area contributed by atoms with Crippen LogP contribution in [0.2, 0.25) is 0 Å². The molecule has 1 saturated heterocycles. The van der Waals surface area contributed by atoms with Crippen LogP contribution in [0.1, 0.15) is 132 Å². The molecule has 1 radical (unpaired) electrons. The van der Waals surface area contributed by atoms with Gasteiger partial charge < -0.3 is 19.3 Å². The van der Waals surface area contributed by atoms with Gasteiger partial charge in [-0.3, -0.25) is 0 Å². The molecule has 0 atom stereocenters. The first kappa shape index (κ1) is 34.2. The van der Waals surface area contributed by atoms with Crippen molar-refractivity contribution in [2.24, 2.45) is 0 Å². The van der Waals surface area contributed by atoms with E-state index in [-0.39, 0.29) is 45.9 Å². The molecule has 4 bridgehead atoms. The van der Waals surface area contributed by atoms with E-state index in [0.29, 0.717) is 0 Å². The van der Waals surface area contributed by atoms with Crippen molar-refractivity contribution in [2.45, 2.75) is 121 Å². The predicted molar refractivity (Wildman–Crippen MR) is 187 cm³/mol. The second-order valence-electron chi connectivity index (χ2n) is 14.9. The molecule has 3 heterocycles. The summed E-state index contributed by atoms with van der Waals surface area (Å²) in [6.07, 6.45) is 14.8. The minimum absolute atomic E-state index is 0. The van der Waals surface area contributed by atoms with Crippen molar-refractivity contribution in [2.75, 3.05) is 0 Å². The number of rotatable bonds is 3. The van der Waals surface area contributed by atoms with Crippen LogP contribution in [0.4, 0.5) is 0 Å². The topological polar surface area (TPSA) is 44.2 Å². The predicted octanol–water partition coefficient (Wildman–Crippen LogP) is 9.54. The molecule has 11 rings (SSSR count). The Bertz CT molecular complexity index is 1690. The maximum Gasteiger partial charge on any atom is 0.475 e. The second-order valence-corrected chi connectivity index (χ2v) is 14.9. The van der Waals surface area contributed by atoms with Crippen molar-refractivity contribution in [1.29, 1.82) is 0 Å². The minimum Gasteiger partial charge on any atom is -0.400 e. The first-order valence-corrected chi connectivity index (χ1v) is 17.1. The third-order valence-electron chi connectivity index (χ3n) is 11.8. The molecule has 4 nitrogen and oxygen atoms in total. The standard InChI is InChI=1S/C23H27BNO2.C17H16N.CH4.Ir/c1-22(2)23(3,4)27-24(26-22)18-7-5-6-17(12-18)21-13-19-15-8-10-16(11-9-15)20(19)14-25-21;1-2-10-18-17(3-1)14-8-9-15-12-4-6-13(7-5-12)16(15)11-14;;/h5,7,12-16H,8-11H2,1-4H3;1-3,9-13H,4-7H2;1H4;/q2*-1;;. The molecular formula is C41H47BIrN2O2-2. The van der Waals surface area contributed by atoms with Gasteiger partial charge in [-0.1, -0.05) is 44.4 Å². The third-order valence-corrected chi connectivity index (χ3v) is 11.8. The van der Waals surface area contributed by atoms with Crippen molar-refractivity contribution in [1.82, 2.24) is 9.97 Å². The fourth-order valence-electron chi connectivity index (χ4n) is 8.41. The van der Waals surface area contributed by atoms with Gasteiger partial charge in [0.1, 0.15) is 0 Å². The van der Waals surface area contributed by atoms with E-state index in [1.165, 1.54) is 62.5 Å². The molecule has 0 spiro atoms. The zero-order chi connectivity index (χ0) is 30.8. The van der Waals surface area contributed by atoms with Gasteiger partial charge in [0.2, 0.25) is 0 Å². The van der Waals surface area contributed by atoms with Gasteiger partial charge in [-0.15, -0.1) is 70.2 Å². The van der Waals surface area contributed by atoms with Crippen molar-refractivity contribution < 1.29 is 29.4 Å². The monoisotopic (exact) mass is 803 g/mol. The van der Waals surface area contributed by atoms with Crippen LogP contribution >= 0.6 is 0 Å². The maximum absolute atomic E-state index is 6.22. The summed E-state index contributed by atoms with van der Waals surface area (Å²) >= 11 is 0. The van der Waals surface area contributed by atoms with E-state index in [1.807, 2.05) is 30.5 Å².